The molecule has 2 saturated heterocycles. The highest BCUT2D eigenvalue weighted by molar-refractivity contribution is 6.05. The molecule has 3 heterocycles. The second kappa shape index (κ2) is 8.85. The molecule has 11 nitrogen and oxygen atoms in total. The van der Waals surface area contributed by atoms with Gasteiger partial charge in [-0.25, -0.2) is 9.59 Å². The molecule has 1 atom stereocenters. The third kappa shape index (κ3) is 4.51. The zero-order valence-corrected chi connectivity index (χ0v) is 17.6. The number of fused-ring (bicyclic) bond motifs is 1. The zero-order valence-electron chi connectivity index (χ0n) is 17.6. The van der Waals surface area contributed by atoms with E-state index in [1.165, 1.54) is 4.90 Å². The summed E-state index contributed by atoms with van der Waals surface area (Å²) in [7, 11) is 0. The van der Waals surface area contributed by atoms with Crippen molar-refractivity contribution < 1.29 is 24.0 Å². The fourth-order valence-corrected chi connectivity index (χ4v) is 4.40. The number of nitrogens with two attached hydrogens (primary N) is 1. The van der Waals surface area contributed by atoms with Crippen molar-refractivity contribution in [3.8, 4) is 0 Å². The first-order valence-corrected chi connectivity index (χ1v) is 10.7. The highest BCUT2D eigenvalue weighted by Gasteiger charge is 2.39. The summed E-state index contributed by atoms with van der Waals surface area (Å²) in [6.45, 7) is 1.61. The minimum Gasteiger partial charge on any atom is -0.351 e. The first-order chi connectivity index (χ1) is 15.3. The van der Waals surface area contributed by atoms with Crippen molar-refractivity contribution in [3.63, 3.8) is 0 Å². The summed E-state index contributed by atoms with van der Waals surface area (Å²) >= 11 is 0. The molecule has 5 N–H and O–H groups in total. The molecule has 11 heteroatoms. The van der Waals surface area contributed by atoms with Gasteiger partial charge in [0, 0.05) is 44.2 Å². The average Bonchev–Trinajstić information content (AvgIpc) is 3.08. The zero-order chi connectivity index (χ0) is 22.8. The van der Waals surface area contributed by atoms with Crippen LogP contribution in [0.5, 0.6) is 0 Å². The summed E-state index contributed by atoms with van der Waals surface area (Å²) in [6.07, 6.45) is 1.82. The van der Waals surface area contributed by atoms with Crippen LogP contribution >= 0.6 is 0 Å². The average molecular weight is 442 g/mol. The number of carbonyl (C=O) groups excluding carboxylic acids is 5. The fraction of sp³-hybridized carbons (Fsp3) is 0.476. The van der Waals surface area contributed by atoms with E-state index in [1.54, 1.807) is 17.0 Å². The Morgan fingerprint density at radius 3 is 2.56 bits per heavy atom. The predicted molar refractivity (Wildman–Crippen MR) is 112 cm³/mol. The Labute approximate surface area is 184 Å². The number of primary amides is 1. The lowest BCUT2D eigenvalue weighted by Gasteiger charge is -2.31. The van der Waals surface area contributed by atoms with Crippen LogP contribution < -0.4 is 21.7 Å². The maximum Gasteiger partial charge on any atom is 0.315 e. The van der Waals surface area contributed by atoms with E-state index >= 15 is 0 Å². The Kier molecular flexibility index (Phi) is 5.97. The number of urea groups is 2. The van der Waals surface area contributed by atoms with Crippen LogP contribution in [0, 0.1) is 0 Å². The lowest BCUT2D eigenvalue weighted by atomic mass is 10.0. The first kappa shape index (κ1) is 21.6. The Morgan fingerprint density at radius 1 is 1.12 bits per heavy atom. The fourth-order valence-electron chi connectivity index (χ4n) is 4.40. The molecule has 4 rings (SSSR count). The lowest BCUT2D eigenvalue weighted by molar-refractivity contribution is -0.136. The van der Waals surface area contributed by atoms with Crippen molar-refractivity contribution in [3.05, 3.63) is 34.9 Å². The molecular weight excluding hydrogens is 416 g/mol. The number of piperidine rings is 2. The van der Waals surface area contributed by atoms with Gasteiger partial charge >= 0.3 is 12.1 Å². The van der Waals surface area contributed by atoms with Crippen LogP contribution in [0.2, 0.25) is 0 Å². The van der Waals surface area contributed by atoms with E-state index in [1.807, 2.05) is 6.07 Å². The summed E-state index contributed by atoms with van der Waals surface area (Å²) in [4.78, 5) is 62.7. The van der Waals surface area contributed by atoms with E-state index < -0.39 is 18.0 Å². The monoisotopic (exact) mass is 442 g/mol. The second-order valence-electron chi connectivity index (χ2n) is 8.32. The molecule has 0 spiro atoms. The minimum absolute atomic E-state index is 0.0229. The van der Waals surface area contributed by atoms with Crippen LogP contribution in [0.3, 0.4) is 0 Å². The summed E-state index contributed by atoms with van der Waals surface area (Å²) in [6, 6.07) is 3.91. The molecule has 170 valence electrons. The maximum absolute atomic E-state index is 12.7. The predicted octanol–water partition coefficient (Wildman–Crippen LogP) is -0.210. The van der Waals surface area contributed by atoms with E-state index in [0.29, 0.717) is 44.5 Å². The number of benzene rings is 1. The molecular formula is C21H26N6O5. The van der Waals surface area contributed by atoms with Crippen molar-refractivity contribution in [1.29, 1.82) is 0 Å². The third-order valence-corrected chi connectivity index (χ3v) is 6.18. The number of nitrogens with one attached hydrogen (secondary N) is 3. The van der Waals surface area contributed by atoms with Gasteiger partial charge in [0.05, 0.1) is 0 Å². The summed E-state index contributed by atoms with van der Waals surface area (Å²) in [5, 5.41) is 8.00. The van der Waals surface area contributed by atoms with Crippen LogP contribution in [-0.2, 0) is 22.7 Å². The maximum atomic E-state index is 12.7. The topological polar surface area (TPSA) is 154 Å². The van der Waals surface area contributed by atoms with Crippen LogP contribution in [0.4, 0.5) is 9.59 Å². The van der Waals surface area contributed by atoms with Crippen LogP contribution in [-0.4, -0.2) is 64.8 Å². The van der Waals surface area contributed by atoms with Gasteiger partial charge in [0.1, 0.15) is 6.04 Å². The first-order valence-electron chi connectivity index (χ1n) is 10.7. The molecule has 0 radical (unpaired) electrons. The van der Waals surface area contributed by atoms with Crippen LogP contribution in [0.1, 0.15) is 47.2 Å². The molecule has 2 fully saturated rings. The van der Waals surface area contributed by atoms with Crippen LogP contribution in [0.15, 0.2) is 18.2 Å². The SMILES string of the molecule is NC(=O)N1CCC(NC(=O)NCc2ccc3c(c2)CN(C2CCC(=O)NC2=O)C3=O)CC1. The highest BCUT2D eigenvalue weighted by Crippen LogP contribution is 2.28. The van der Waals surface area contributed by atoms with E-state index in [-0.39, 0.29) is 36.9 Å². The number of rotatable bonds is 4. The molecule has 0 aliphatic carbocycles. The van der Waals surface area contributed by atoms with Crippen LogP contribution in [0.25, 0.3) is 0 Å². The normalized spacial score (nSPS) is 21.2. The number of amides is 7. The number of hydrogen-bond acceptors (Lipinski definition) is 5. The third-order valence-electron chi connectivity index (χ3n) is 6.18. The van der Waals surface area contributed by atoms with Gasteiger partial charge in [-0.3, -0.25) is 19.7 Å². The van der Waals surface area contributed by atoms with E-state index in [4.69, 9.17) is 5.73 Å². The Morgan fingerprint density at radius 2 is 1.88 bits per heavy atom. The standard InChI is InChI=1S/C21H26N6O5/c22-20(31)26-7-5-14(6-8-26)24-21(32)23-10-12-1-2-15-13(9-12)11-27(19(15)30)16-3-4-17(28)25-18(16)29/h1-2,9,14,16H,3-8,10-11H2,(H2,22,31)(H2,23,24,32)(H,25,28,29). The molecule has 7 amide bonds. The van der Waals surface area contributed by atoms with Gasteiger partial charge in [0.2, 0.25) is 11.8 Å². The van der Waals surface area contributed by atoms with Gasteiger partial charge < -0.3 is 26.2 Å². The van der Waals surface area contributed by atoms with E-state index in [0.717, 1.165) is 11.1 Å². The number of hydrogen-bond donors (Lipinski definition) is 4. The minimum atomic E-state index is -0.652. The second-order valence-corrected chi connectivity index (χ2v) is 8.32. The highest BCUT2D eigenvalue weighted by atomic mass is 16.2. The number of likely N-dealkylation sites (tertiary alicyclic amines) is 1. The van der Waals surface area contributed by atoms with E-state index in [9.17, 15) is 24.0 Å². The molecule has 32 heavy (non-hydrogen) atoms. The summed E-state index contributed by atoms with van der Waals surface area (Å²) in [5.41, 5.74) is 7.42. The Hall–Kier alpha value is -3.63. The van der Waals surface area contributed by atoms with Crippen molar-refractivity contribution in [2.24, 2.45) is 5.73 Å². The van der Waals surface area contributed by atoms with Gasteiger partial charge in [-0.2, -0.15) is 0 Å². The van der Waals surface area contributed by atoms with Crippen molar-refractivity contribution in [1.82, 2.24) is 25.8 Å². The quantitative estimate of drug-likeness (QED) is 0.475. The smallest absolute Gasteiger partial charge is 0.315 e. The molecule has 3 aliphatic heterocycles. The Balaban J connectivity index is 1.30. The number of imide groups is 1. The van der Waals surface area contributed by atoms with Gasteiger partial charge in [-0.15, -0.1) is 0 Å². The summed E-state index contributed by atoms with van der Waals surface area (Å²) < 4.78 is 0. The Bertz CT molecular complexity index is 971. The largest absolute Gasteiger partial charge is 0.351 e. The van der Waals surface area contributed by atoms with Gasteiger partial charge in [0.15, 0.2) is 0 Å². The molecule has 1 unspecified atom stereocenters. The number of carbonyl (C=O) groups is 5. The molecule has 3 aliphatic rings. The number of nitrogens with zero attached hydrogens (tertiary/aromatic N) is 2. The van der Waals surface area contributed by atoms with Gasteiger partial charge in [-0.1, -0.05) is 12.1 Å². The lowest BCUT2D eigenvalue weighted by Crippen LogP contribution is -2.52. The molecule has 0 saturated carbocycles. The molecule has 1 aromatic rings. The van der Waals surface area contributed by atoms with Crippen molar-refractivity contribution in [2.75, 3.05) is 13.1 Å². The van der Waals surface area contributed by atoms with Gasteiger partial charge in [-0.05, 0) is 36.5 Å². The molecule has 1 aromatic carbocycles. The summed E-state index contributed by atoms with van der Waals surface area (Å²) in [5.74, 6) is -0.989. The van der Waals surface area contributed by atoms with Gasteiger partial charge in [0.25, 0.3) is 5.91 Å². The van der Waals surface area contributed by atoms with Crippen molar-refractivity contribution in [2.45, 2.75) is 50.9 Å². The molecule has 0 aromatic heterocycles. The van der Waals surface area contributed by atoms with Crippen molar-refractivity contribution >= 4 is 29.8 Å². The molecule has 0 bridgehead atoms. The van der Waals surface area contributed by atoms with E-state index in [2.05, 4.69) is 16.0 Å².